The van der Waals surface area contributed by atoms with Crippen LogP contribution in [0.25, 0.3) is 0 Å². The highest BCUT2D eigenvalue weighted by atomic mass is 79.9. The predicted octanol–water partition coefficient (Wildman–Crippen LogP) is 3.84. The SMILES string of the molecule is CCN(CC)Cc1c(Br)cc(C(=O)OC)cc1Br. The first kappa shape index (κ1) is 15.7. The van der Waals surface area contributed by atoms with Gasteiger partial charge in [-0.25, -0.2) is 4.79 Å². The van der Waals surface area contributed by atoms with Crippen molar-refractivity contribution in [3.63, 3.8) is 0 Å². The number of hydrogen-bond donors (Lipinski definition) is 0. The Balaban J connectivity index is 3.04. The van der Waals surface area contributed by atoms with Crippen LogP contribution >= 0.6 is 31.9 Å². The summed E-state index contributed by atoms with van der Waals surface area (Å²) in [5.41, 5.74) is 1.69. The first-order chi connectivity index (χ1) is 8.53. The number of benzene rings is 1. The lowest BCUT2D eigenvalue weighted by molar-refractivity contribution is 0.0600. The summed E-state index contributed by atoms with van der Waals surface area (Å²) in [6.45, 7) is 7.10. The van der Waals surface area contributed by atoms with Gasteiger partial charge in [0.15, 0.2) is 0 Å². The third-order valence-corrected chi connectivity index (χ3v) is 4.25. The van der Waals surface area contributed by atoms with Gasteiger partial charge in [0.25, 0.3) is 0 Å². The van der Waals surface area contributed by atoms with Crippen molar-refractivity contribution in [1.29, 1.82) is 0 Å². The molecule has 0 aliphatic carbocycles. The van der Waals surface area contributed by atoms with Crippen LogP contribution < -0.4 is 0 Å². The summed E-state index contributed by atoms with van der Waals surface area (Å²) >= 11 is 7.04. The third-order valence-electron chi connectivity index (χ3n) is 2.84. The average molecular weight is 379 g/mol. The minimum Gasteiger partial charge on any atom is -0.465 e. The van der Waals surface area contributed by atoms with Gasteiger partial charge in [-0.15, -0.1) is 0 Å². The molecule has 0 aromatic heterocycles. The number of rotatable bonds is 5. The van der Waals surface area contributed by atoms with Gasteiger partial charge in [-0.2, -0.15) is 0 Å². The maximum atomic E-state index is 11.5. The van der Waals surface area contributed by atoms with Gasteiger partial charge in [-0.05, 0) is 30.8 Å². The van der Waals surface area contributed by atoms with E-state index in [1.165, 1.54) is 7.11 Å². The summed E-state index contributed by atoms with van der Waals surface area (Å²) in [5, 5.41) is 0. The van der Waals surface area contributed by atoms with Crippen molar-refractivity contribution < 1.29 is 9.53 Å². The van der Waals surface area contributed by atoms with Crippen molar-refractivity contribution in [1.82, 2.24) is 4.90 Å². The highest BCUT2D eigenvalue weighted by Crippen LogP contribution is 2.29. The van der Waals surface area contributed by atoms with Crippen LogP contribution in [0.5, 0.6) is 0 Å². The topological polar surface area (TPSA) is 29.5 Å². The second-order valence-corrected chi connectivity index (χ2v) is 5.58. The third kappa shape index (κ3) is 3.80. The van der Waals surface area contributed by atoms with Crippen molar-refractivity contribution in [2.45, 2.75) is 20.4 Å². The molecule has 18 heavy (non-hydrogen) atoms. The molecule has 5 heteroatoms. The molecular weight excluding hydrogens is 362 g/mol. The fourth-order valence-electron chi connectivity index (χ4n) is 1.66. The lowest BCUT2D eigenvalue weighted by Gasteiger charge is -2.20. The maximum Gasteiger partial charge on any atom is 0.337 e. The molecule has 0 fully saturated rings. The summed E-state index contributed by atoms with van der Waals surface area (Å²) in [4.78, 5) is 13.8. The van der Waals surface area contributed by atoms with E-state index in [2.05, 4.69) is 50.6 Å². The van der Waals surface area contributed by atoms with E-state index in [-0.39, 0.29) is 5.97 Å². The van der Waals surface area contributed by atoms with E-state index in [0.717, 1.165) is 34.1 Å². The number of esters is 1. The smallest absolute Gasteiger partial charge is 0.337 e. The standard InChI is InChI=1S/C13H17Br2NO2/c1-4-16(5-2)8-10-11(14)6-9(7-12(10)15)13(17)18-3/h6-7H,4-5,8H2,1-3H3. The Kier molecular flexibility index (Phi) is 6.32. The minimum absolute atomic E-state index is 0.328. The van der Waals surface area contributed by atoms with Crippen LogP contribution in [-0.2, 0) is 11.3 Å². The van der Waals surface area contributed by atoms with Crippen LogP contribution in [-0.4, -0.2) is 31.1 Å². The van der Waals surface area contributed by atoms with Crippen LogP contribution in [0.2, 0.25) is 0 Å². The molecule has 0 radical (unpaired) electrons. The minimum atomic E-state index is -0.328. The molecular formula is C13H17Br2NO2. The van der Waals surface area contributed by atoms with E-state index >= 15 is 0 Å². The highest BCUT2D eigenvalue weighted by Gasteiger charge is 2.14. The molecule has 0 unspecified atom stereocenters. The van der Waals surface area contributed by atoms with Crippen molar-refractivity contribution in [3.05, 3.63) is 32.2 Å². The van der Waals surface area contributed by atoms with Crippen molar-refractivity contribution in [2.75, 3.05) is 20.2 Å². The van der Waals surface area contributed by atoms with Gasteiger partial charge in [0.05, 0.1) is 12.7 Å². The van der Waals surface area contributed by atoms with Crippen molar-refractivity contribution in [2.24, 2.45) is 0 Å². The molecule has 3 nitrogen and oxygen atoms in total. The zero-order chi connectivity index (χ0) is 13.7. The lowest BCUT2D eigenvalue weighted by atomic mass is 10.1. The molecule has 0 amide bonds. The lowest BCUT2D eigenvalue weighted by Crippen LogP contribution is -2.22. The number of carbonyl (C=O) groups is 1. The molecule has 0 heterocycles. The molecule has 100 valence electrons. The Morgan fingerprint density at radius 1 is 1.22 bits per heavy atom. The molecule has 1 aromatic rings. The fraction of sp³-hybridized carbons (Fsp3) is 0.462. The zero-order valence-electron chi connectivity index (χ0n) is 10.8. The second-order valence-electron chi connectivity index (χ2n) is 3.87. The van der Waals surface area contributed by atoms with Crippen LogP contribution in [0.15, 0.2) is 21.1 Å². The van der Waals surface area contributed by atoms with Crippen molar-refractivity contribution in [3.8, 4) is 0 Å². The van der Waals surface area contributed by atoms with E-state index in [9.17, 15) is 4.79 Å². The molecule has 0 N–H and O–H groups in total. The van der Waals surface area contributed by atoms with Gasteiger partial charge < -0.3 is 4.74 Å². The van der Waals surface area contributed by atoms with Gasteiger partial charge in [0.2, 0.25) is 0 Å². The van der Waals surface area contributed by atoms with Gasteiger partial charge in [0, 0.05) is 15.5 Å². The van der Waals surface area contributed by atoms with E-state index in [1.54, 1.807) is 12.1 Å². The molecule has 0 bridgehead atoms. The summed E-state index contributed by atoms with van der Waals surface area (Å²) < 4.78 is 6.56. The Morgan fingerprint density at radius 2 is 1.72 bits per heavy atom. The largest absolute Gasteiger partial charge is 0.465 e. The molecule has 0 spiro atoms. The first-order valence-electron chi connectivity index (χ1n) is 5.82. The molecule has 0 saturated heterocycles. The van der Waals surface area contributed by atoms with Gasteiger partial charge in [-0.3, -0.25) is 4.90 Å². The summed E-state index contributed by atoms with van der Waals surface area (Å²) in [5.74, 6) is -0.328. The number of hydrogen-bond acceptors (Lipinski definition) is 3. The first-order valence-corrected chi connectivity index (χ1v) is 7.40. The summed E-state index contributed by atoms with van der Waals surface area (Å²) in [6.07, 6.45) is 0. The van der Waals surface area contributed by atoms with E-state index in [0.29, 0.717) is 5.56 Å². The second kappa shape index (κ2) is 7.26. The number of ether oxygens (including phenoxy) is 1. The van der Waals surface area contributed by atoms with Gasteiger partial charge in [-0.1, -0.05) is 45.7 Å². The Labute approximate surface area is 125 Å². The molecule has 0 saturated carbocycles. The van der Waals surface area contributed by atoms with Gasteiger partial charge >= 0.3 is 5.97 Å². The van der Waals surface area contributed by atoms with Crippen LogP contribution in [0.3, 0.4) is 0 Å². The number of methoxy groups -OCH3 is 1. The van der Waals surface area contributed by atoms with E-state index in [4.69, 9.17) is 4.74 Å². The van der Waals surface area contributed by atoms with E-state index < -0.39 is 0 Å². The molecule has 0 aliphatic rings. The summed E-state index contributed by atoms with van der Waals surface area (Å²) in [6, 6.07) is 3.60. The fourth-order valence-corrected chi connectivity index (χ4v) is 3.10. The summed E-state index contributed by atoms with van der Waals surface area (Å²) in [7, 11) is 1.38. The Bertz CT molecular complexity index is 408. The normalized spacial score (nSPS) is 10.8. The molecule has 0 atom stereocenters. The van der Waals surface area contributed by atoms with Gasteiger partial charge in [0.1, 0.15) is 0 Å². The number of carbonyl (C=O) groups excluding carboxylic acids is 1. The highest BCUT2D eigenvalue weighted by molar-refractivity contribution is 9.11. The quantitative estimate of drug-likeness (QED) is 0.729. The molecule has 0 aliphatic heterocycles. The number of halogens is 2. The Hall–Kier alpha value is -0.390. The van der Waals surface area contributed by atoms with Crippen LogP contribution in [0, 0.1) is 0 Å². The Morgan fingerprint density at radius 3 is 2.11 bits per heavy atom. The number of nitrogens with zero attached hydrogens (tertiary/aromatic N) is 1. The predicted molar refractivity (Wildman–Crippen MR) is 79.8 cm³/mol. The van der Waals surface area contributed by atoms with Crippen LogP contribution in [0.4, 0.5) is 0 Å². The average Bonchev–Trinajstić information content (AvgIpc) is 2.37. The van der Waals surface area contributed by atoms with Crippen molar-refractivity contribution >= 4 is 37.8 Å². The monoisotopic (exact) mass is 377 g/mol. The van der Waals surface area contributed by atoms with E-state index in [1.807, 2.05) is 0 Å². The maximum absolute atomic E-state index is 11.5. The zero-order valence-corrected chi connectivity index (χ0v) is 14.0. The van der Waals surface area contributed by atoms with Crippen LogP contribution in [0.1, 0.15) is 29.8 Å². The molecule has 1 aromatic carbocycles. The molecule has 1 rings (SSSR count).